The van der Waals surface area contributed by atoms with Gasteiger partial charge in [-0.25, -0.2) is 0 Å². The Labute approximate surface area is 324 Å². The molecule has 0 aromatic carbocycles. The molecule has 0 aromatic rings. The number of nitrogens with one attached hydrogen (secondary N) is 5. The number of carbonyl (C=O) groups excluding carboxylic acids is 4. The third-order valence-electron chi connectivity index (χ3n) is 11.6. The smallest absolute Gasteiger partial charge is 0.245 e. The summed E-state index contributed by atoms with van der Waals surface area (Å²) in [6.07, 6.45) is 11.9. The van der Waals surface area contributed by atoms with E-state index in [0.29, 0.717) is 31.8 Å². The third kappa shape index (κ3) is 14.9. The van der Waals surface area contributed by atoms with Crippen LogP contribution in [0.15, 0.2) is 0 Å². The van der Waals surface area contributed by atoms with E-state index < -0.39 is 66.2 Å². The van der Waals surface area contributed by atoms with Gasteiger partial charge >= 0.3 is 0 Å². The number of aliphatic hydroxyl groups excluding tert-OH is 1. The van der Waals surface area contributed by atoms with Crippen molar-refractivity contribution in [2.45, 2.75) is 167 Å². The first-order valence-electron chi connectivity index (χ1n) is 21.2. The number of piperidine rings is 1. The van der Waals surface area contributed by atoms with Gasteiger partial charge in [0.05, 0.1) is 37.3 Å². The molecular weight excluding hydrogens is 690 g/mol. The minimum atomic E-state index is -1.20. The van der Waals surface area contributed by atoms with Crippen LogP contribution in [0.3, 0.4) is 0 Å². The number of ether oxygens (including phenoxy) is 2. The van der Waals surface area contributed by atoms with Gasteiger partial charge in [-0.2, -0.15) is 0 Å². The highest BCUT2D eigenvalue weighted by Crippen LogP contribution is 2.27. The Kier molecular flexibility index (Phi) is 21.3. The molecule has 8 atom stereocenters. The Morgan fingerprint density at radius 1 is 0.815 bits per heavy atom. The van der Waals surface area contributed by atoms with Crippen molar-refractivity contribution in [1.82, 2.24) is 31.5 Å². The summed E-state index contributed by atoms with van der Waals surface area (Å²) < 4.78 is 12.5. The molecule has 0 radical (unpaired) electrons. The topological polar surface area (TPSA) is 196 Å². The van der Waals surface area contributed by atoms with E-state index in [4.69, 9.17) is 15.2 Å². The van der Waals surface area contributed by atoms with E-state index in [0.717, 1.165) is 90.1 Å². The van der Waals surface area contributed by atoms with Crippen LogP contribution in [0.4, 0.5) is 0 Å². The molecule has 3 aliphatic rings. The average molecular weight is 766 g/mol. The number of unbranched alkanes of at least 4 members (excludes halogenated alkanes) is 3. The standard InChI is InChI=1S/C40H75N7O7/c1-6-8-9-14-18-34-28(4)40(52)47(5)33(15-7-2)38(50)46-35(30-16-12-10-11-13-17-30)39(51)44-31(23-41)36(48)45-32(37(49)43-27(3)24-54-34)26-53-25-29-19-21-42-22-20-29/h27-35,38,42,46,50H,6-26,41H2,1-5H3,(H,43,49)(H,44,51)(H,45,48)/t27-,28-,31+,32+,33+,34-,35+,38?/m1/s1. The number of likely N-dealkylation sites (N-methyl/N-ethyl adjacent to an activating group) is 1. The van der Waals surface area contributed by atoms with Crippen molar-refractivity contribution >= 4 is 23.6 Å². The summed E-state index contributed by atoms with van der Waals surface area (Å²) in [5.41, 5.74) is 6.10. The van der Waals surface area contributed by atoms with E-state index >= 15 is 0 Å². The van der Waals surface area contributed by atoms with Crippen molar-refractivity contribution in [2.75, 3.05) is 46.5 Å². The lowest BCUT2D eigenvalue weighted by molar-refractivity contribution is -0.145. The zero-order chi connectivity index (χ0) is 39.5. The molecule has 1 saturated carbocycles. The van der Waals surface area contributed by atoms with Crippen LogP contribution < -0.4 is 32.3 Å². The molecule has 54 heavy (non-hydrogen) atoms. The zero-order valence-corrected chi connectivity index (χ0v) is 34.0. The van der Waals surface area contributed by atoms with Crippen molar-refractivity contribution in [2.24, 2.45) is 23.5 Å². The molecule has 2 aliphatic heterocycles. The predicted molar refractivity (Wildman–Crippen MR) is 210 cm³/mol. The Morgan fingerprint density at radius 3 is 2.13 bits per heavy atom. The number of rotatable bonds is 13. The van der Waals surface area contributed by atoms with Crippen molar-refractivity contribution in [3.8, 4) is 0 Å². The molecule has 14 nitrogen and oxygen atoms in total. The Bertz CT molecular complexity index is 1120. The lowest BCUT2D eigenvalue weighted by atomic mass is 9.90. The number of aliphatic hydroxyl groups is 1. The van der Waals surface area contributed by atoms with Crippen LogP contribution in [0.25, 0.3) is 0 Å². The Morgan fingerprint density at radius 2 is 1.48 bits per heavy atom. The van der Waals surface area contributed by atoms with Gasteiger partial charge in [-0.05, 0) is 70.4 Å². The number of amides is 4. The second-order valence-corrected chi connectivity index (χ2v) is 16.2. The molecule has 14 heteroatoms. The van der Waals surface area contributed by atoms with E-state index in [1.54, 1.807) is 11.9 Å². The molecule has 2 heterocycles. The SMILES string of the molecule is CCCCCC[C@H]1OC[C@@H](C)NC(=O)[C@H](COCC2CCNCC2)NC(=O)[C@H](CN)NC(=O)[C@H](C2CCCCCC2)NC(O)[C@H](CCC)N(C)C(=O)[C@@H]1C. The Balaban J connectivity index is 1.96. The second kappa shape index (κ2) is 25.0. The number of nitrogens with zero attached hydrogens (tertiary/aromatic N) is 1. The van der Waals surface area contributed by atoms with Gasteiger partial charge in [0.15, 0.2) is 0 Å². The summed E-state index contributed by atoms with van der Waals surface area (Å²) in [6.45, 7) is 10.1. The molecule has 8 N–H and O–H groups in total. The van der Waals surface area contributed by atoms with Gasteiger partial charge in [-0.15, -0.1) is 0 Å². The van der Waals surface area contributed by atoms with Gasteiger partial charge in [0, 0.05) is 26.2 Å². The first-order chi connectivity index (χ1) is 26.0. The molecule has 1 unspecified atom stereocenters. The highest BCUT2D eigenvalue weighted by atomic mass is 16.5. The molecule has 0 bridgehead atoms. The molecule has 312 valence electrons. The summed E-state index contributed by atoms with van der Waals surface area (Å²) in [5.74, 6) is -1.87. The fourth-order valence-electron chi connectivity index (χ4n) is 8.12. The van der Waals surface area contributed by atoms with Gasteiger partial charge in [-0.3, -0.25) is 24.5 Å². The van der Waals surface area contributed by atoms with E-state index in [9.17, 15) is 24.3 Å². The van der Waals surface area contributed by atoms with Gasteiger partial charge in [0.25, 0.3) is 0 Å². The molecule has 0 spiro atoms. The van der Waals surface area contributed by atoms with Crippen molar-refractivity contribution in [3.05, 3.63) is 0 Å². The molecule has 4 amide bonds. The fraction of sp³-hybridized carbons (Fsp3) is 0.900. The molecule has 3 rings (SSSR count). The fourth-order valence-corrected chi connectivity index (χ4v) is 8.12. The first kappa shape index (κ1) is 46.0. The number of hydrogen-bond donors (Lipinski definition) is 7. The average Bonchev–Trinajstić information content (AvgIpc) is 3.46. The second-order valence-electron chi connectivity index (χ2n) is 16.2. The lowest BCUT2D eigenvalue weighted by Crippen LogP contribution is -2.62. The summed E-state index contributed by atoms with van der Waals surface area (Å²) in [7, 11) is 1.71. The summed E-state index contributed by atoms with van der Waals surface area (Å²) in [4.78, 5) is 57.6. The normalized spacial score (nSPS) is 31.4. The van der Waals surface area contributed by atoms with Gasteiger partial charge in [0.1, 0.15) is 18.3 Å². The minimum absolute atomic E-state index is 0.0461. The van der Waals surface area contributed by atoms with Crippen LogP contribution in [0.2, 0.25) is 0 Å². The maximum atomic E-state index is 14.2. The Hall–Kier alpha value is -2.36. The van der Waals surface area contributed by atoms with E-state index in [1.165, 1.54) is 0 Å². The summed E-state index contributed by atoms with van der Waals surface area (Å²) >= 11 is 0. The first-order valence-corrected chi connectivity index (χ1v) is 21.2. The van der Waals surface area contributed by atoms with Crippen LogP contribution >= 0.6 is 0 Å². The van der Waals surface area contributed by atoms with Gasteiger partial charge in [-0.1, -0.05) is 78.6 Å². The predicted octanol–water partition coefficient (Wildman–Crippen LogP) is 2.32. The highest BCUT2D eigenvalue weighted by molar-refractivity contribution is 5.93. The van der Waals surface area contributed by atoms with E-state index in [2.05, 4.69) is 33.5 Å². The van der Waals surface area contributed by atoms with Crippen LogP contribution in [-0.2, 0) is 28.7 Å². The van der Waals surface area contributed by atoms with E-state index in [-0.39, 0.29) is 31.6 Å². The maximum Gasteiger partial charge on any atom is 0.245 e. The quantitative estimate of drug-likeness (QED) is 0.108. The van der Waals surface area contributed by atoms with Crippen molar-refractivity contribution in [1.29, 1.82) is 0 Å². The molecule has 3 fully saturated rings. The minimum Gasteiger partial charge on any atom is -0.378 e. The maximum absolute atomic E-state index is 14.2. The summed E-state index contributed by atoms with van der Waals surface area (Å²) in [6, 6.07) is -4.04. The van der Waals surface area contributed by atoms with E-state index in [1.807, 2.05) is 20.8 Å². The van der Waals surface area contributed by atoms with Crippen LogP contribution in [0, 0.1) is 17.8 Å². The highest BCUT2D eigenvalue weighted by Gasteiger charge is 2.38. The third-order valence-corrected chi connectivity index (χ3v) is 11.6. The summed E-state index contributed by atoms with van der Waals surface area (Å²) in [5, 5.41) is 27.1. The number of nitrogens with two attached hydrogens (primary N) is 1. The number of hydrogen-bond acceptors (Lipinski definition) is 10. The lowest BCUT2D eigenvalue weighted by Gasteiger charge is -2.38. The van der Waals surface area contributed by atoms with Crippen LogP contribution in [0.5, 0.6) is 0 Å². The molecule has 2 saturated heterocycles. The van der Waals surface area contributed by atoms with Crippen LogP contribution in [0.1, 0.15) is 124 Å². The van der Waals surface area contributed by atoms with Crippen molar-refractivity contribution in [3.63, 3.8) is 0 Å². The molecule has 0 aromatic heterocycles. The van der Waals surface area contributed by atoms with Crippen LogP contribution in [-0.4, -0.2) is 123 Å². The van der Waals surface area contributed by atoms with Gasteiger partial charge < -0.3 is 46.5 Å². The molecular formula is C40H75N7O7. The molecule has 1 aliphatic carbocycles. The van der Waals surface area contributed by atoms with Gasteiger partial charge in [0.2, 0.25) is 23.6 Å². The largest absolute Gasteiger partial charge is 0.378 e. The van der Waals surface area contributed by atoms with Crippen molar-refractivity contribution < 1.29 is 33.8 Å². The zero-order valence-electron chi connectivity index (χ0n) is 34.0. The number of carbonyl (C=O) groups is 4. The monoisotopic (exact) mass is 766 g/mol.